The lowest BCUT2D eigenvalue weighted by Crippen LogP contribution is -2.24. The molecular weight excluding hydrogens is 202 g/mol. The number of pyridine rings is 1. The summed E-state index contributed by atoms with van der Waals surface area (Å²) in [6.07, 6.45) is 3.18. The summed E-state index contributed by atoms with van der Waals surface area (Å²) < 4.78 is 0. The fourth-order valence-corrected chi connectivity index (χ4v) is 1.06. The van der Waals surface area contributed by atoms with E-state index in [4.69, 9.17) is 16.9 Å². The summed E-state index contributed by atoms with van der Waals surface area (Å²) in [4.78, 5) is 15.2. The number of nitriles is 1. The number of nitrogens with zero attached hydrogens (tertiary/aromatic N) is 2. The Morgan fingerprint density at radius 1 is 1.71 bits per heavy atom. The SMILES string of the molecule is N#CCCNC(=O)c1cnccc1Cl. The minimum Gasteiger partial charge on any atom is -0.351 e. The van der Waals surface area contributed by atoms with Gasteiger partial charge in [0.25, 0.3) is 5.91 Å². The molecule has 1 aromatic rings. The molecule has 72 valence electrons. The summed E-state index contributed by atoms with van der Waals surface area (Å²) in [6.45, 7) is 0.320. The summed E-state index contributed by atoms with van der Waals surface area (Å²) >= 11 is 5.77. The van der Waals surface area contributed by atoms with Gasteiger partial charge in [0.15, 0.2) is 0 Å². The molecule has 0 radical (unpaired) electrons. The van der Waals surface area contributed by atoms with E-state index in [0.29, 0.717) is 17.1 Å². The summed E-state index contributed by atoms with van der Waals surface area (Å²) in [6, 6.07) is 3.47. The second kappa shape index (κ2) is 5.20. The normalized spacial score (nSPS) is 9.14. The van der Waals surface area contributed by atoms with Gasteiger partial charge in [0.1, 0.15) is 0 Å². The topological polar surface area (TPSA) is 65.8 Å². The minimum absolute atomic E-state index is 0.281. The number of carbonyl (C=O) groups excluding carboxylic acids is 1. The Balaban J connectivity index is 2.62. The van der Waals surface area contributed by atoms with E-state index in [1.807, 2.05) is 6.07 Å². The molecular formula is C9H8ClN3O. The van der Waals surface area contributed by atoms with E-state index in [9.17, 15) is 4.79 Å². The Morgan fingerprint density at radius 2 is 2.50 bits per heavy atom. The van der Waals surface area contributed by atoms with Crippen LogP contribution in [0.15, 0.2) is 18.5 Å². The molecule has 0 unspecified atom stereocenters. The molecule has 1 aromatic heterocycles. The van der Waals surface area contributed by atoms with Gasteiger partial charge in [-0.1, -0.05) is 11.6 Å². The Morgan fingerprint density at radius 3 is 3.14 bits per heavy atom. The standard InChI is InChI=1S/C9H8ClN3O/c10-8-2-5-12-6-7(8)9(14)13-4-1-3-11/h2,5-6H,1,4H2,(H,13,14). The van der Waals surface area contributed by atoms with Crippen molar-refractivity contribution in [3.05, 3.63) is 29.0 Å². The van der Waals surface area contributed by atoms with Crippen molar-refractivity contribution in [1.82, 2.24) is 10.3 Å². The van der Waals surface area contributed by atoms with E-state index in [1.54, 1.807) is 6.07 Å². The number of hydrogen-bond donors (Lipinski definition) is 1. The molecule has 0 spiro atoms. The van der Waals surface area contributed by atoms with Crippen molar-refractivity contribution >= 4 is 17.5 Å². The predicted octanol–water partition coefficient (Wildman–Crippen LogP) is 1.38. The lowest BCUT2D eigenvalue weighted by molar-refractivity contribution is 0.0954. The molecule has 4 nitrogen and oxygen atoms in total. The van der Waals surface area contributed by atoms with Gasteiger partial charge < -0.3 is 5.32 Å². The van der Waals surface area contributed by atoms with E-state index in [2.05, 4.69) is 10.3 Å². The third-order valence-electron chi connectivity index (χ3n) is 1.53. The second-order valence-electron chi connectivity index (χ2n) is 2.52. The molecule has 0 saturated carbocycles. The number of hydrogen-bond acceptors (Lipinski definition) is 3. The Bertz CT molecular complexity index is 373. The van der Waals surface area contributed by atoms with Gasteiger partial charge in [-0.25, -0.2) is 0 Å². The van der Waals surface area contributed by atoms with Gasteiger partial charge in [-0.05, 0) is 6.07 Å². The first-order valence-electron chi connectivity index (χ1n) is 4.00. The van der Waals surface area contributed by atoms with Gasteiger partial charge in [0, 0.05) is 18.9 Å². The highest BCUT2D eigenvalue weighted by Gasteiger charge is 2.08. The maximum absolute atomic E-state index is 11.4. The molecule has 0 saturated heterocycles. The average molecular weight is 210 g/mol. The summed E-state index contributed by atoms with van der Waals surface area (Å²) in [5.74, 6) is -0.307. The van der Waals surface area contributed by atoms with Crippen LogP contribution in [0.25, 0.3) is 0 Å². The van der Waals surface area contributed by atoms with Gasteiger partial charge in [-0.3, -0.25) is 9.78 Å². The van der Waals surface area contributed by atoms with Crippen molar-refractivity contribution in [3.8, 4) is 6.07 Å². The zero-order chi connectivity index (χ0) is 10.4. The first kappa shape index (κ1) is 10.5. The molecule has 1 amide bonds. The van der Waals surface area contributed by atoms with Gasteiger partial charge in [0.2, 0.25) is 0 Å². The summed E-state index contributed by atoms with van der Waals surface area (Å²) in [5.41, 5.74) is 0.326. The van der Waals surface area contributed by atoms with Gasteiger partial charge in [-0.2, -0.15) is 5.26 Å². The van der Waals surface area contributed by atoms with Crippen LogP contribution in [-0.4, -0.2) is 17.4 Å². The lowest BCUT2D eigenvalue weighted by Gasteiger charge is -2.03. The fraction of sp³-hybridized carbons (Fsp3) is 0.222. The maximum atomic E-state index is 11.4. The van der Waals surface area contributed by atoms with Crippen molar-refractivity contribution < 1.29 is 4.79 Å². The van der Waals surface area contributed by atoms with Crippen LogP contribution in [-0.2, 0) is 0 Å². The zero-order valence-corrected chi connectivity index (χ0v) is 8.08. The first-order valence-corrected chi connectivity index (χ1v) is 4.38. The van der Waals surface area contributed by atoms with Crippen LogP contribution in [0.1, 0.15) is 16.8 Å². The predicted molar refractivity (Wildman–Crippen MR) is 51.8 cm³/mol. The third kappa shape index (κ3) is 2.71. The van der Waals surface area contributed by atoms with Gasteiger partial charge in [-0.15, -0.1) is 0 Å². The van der Waals surface area contributed by atoms with Gasteiger partial charge >= 0.3 is 0 Å². The molecule has 0 fully saturated rings. The minimum atomic E-state index is -0.307. The Kier molecular flexibility index (Phi) is 3.89. The molecule has 14 heavy (non-hydrogen) atoms. The van der Waals surface area contributed by atoms with E-state index in [1.165, 1.54) is 12.4 Å². The molecule has 0 aromatic carbocycles. The number of amides is 1. The van der Waals surface area contributed by atoms with Gasteiger partial charge in [0.05, 0.1) is 23.1 Å². The number of rotatable bonds is 3. The highest BCUT2D eigenvalue weighted by atomic mass is 35.5. The smallest absolute Gasteiger partial charge is 0.254 e. The van der Waals surface area contributed by atoms with Crippen molar-refractivity contribution in [2.75, 3.05) is 6.54 Å². The van der Waals surface area contributed by atoms with Crippen molar-refractivity contribution in [1.29, 1.82) is 5.26 Å². The average Bonchev–Trinajstić information content (AvgIpc) is 2.18. The highest BCUT2D eigenvalue weighted by Crippen LogP contribution is 2.12. The molecule has 0 aliphatic carbocycles. The quantitative estimate of drug-likeness (QED) is 0.765. The van der Waals surface area contributed by atoms with Crippen molar-refractivity contribution in [2.24, 2.45) is 0 Å². The molecule has 0 aliphatic rings. The van der Waals surface area contributed by atoms with Crippen LogP contribution in [0.2, 0.25) is 5.02 Å². The fourth-order valence-electron chi connectivity index (χ4n) is 0.872. The Hall–Kier alpha value is -1.60. The molecule has 1 heterocycles. The van der Waals surface area contributed by atoms with E-state index in [-0.39, 0.29) is 12.3 Å². The second-order valence-corrected chi connectivity index (χ2v) is 2.93. The molecule has 1 rings (SSSR count). The molecule has 1 N–H and O–H groups in total. The zero-order valence-electron chi connectivity index (χ0n) is 7.33. The lowest BCUT2D eigenvalue weighted by atomic mass is 10.2. The van der Waals surface area contributed by atoms with E-state index in [0.717, 1.165) is 0 Å². The van der Waals surface area contributed by atoms with Crippen LogP contribution in [0, 0.1) is 11.3 Å². The van der Waals surface area contributed by atoms with E-state index < -0.39 is 0 Å². The van der Waals surface area contributed by atoms with E-state index >= 15 is 0 Å². The number of aromatic nitrogens is 1. The number of carbonyl (C=O) groups is 1. The summed E-state index contributed by atoms with van der Waals surface area (Å²) in [5, 5.41) is 11.2. The van der Waals surface area contributed by atoms with Crippen LogP contribution >= 0.6 is 11.6 Å². The molecule has 0 aliphatic heterocycles. The van der Waals surface area contributed by atoms with Crippen LogP contribution in [0.3, 0.4) is 0 Å². The monoisotopic (exact) mass is 209 g/mol. The number of nitrogens with one attached hydrogen (secondary N) is 1. The van der Waals surface area contributed by atoms with Crippen molar-refractivity contribution in [3.63, 3.8) is 0 Å². The number of halogens is 1. The Labute approximate surface area is 86.5 Å². The molecule has 5 heteroatoms. The third-order valence-corrected chi connectivity index (χ3v) is 1.86. The van der Waals surface area contributed by atoms with Crippen molar-refractivity contribution in [2.45, 2.75) is 6.42 Å². The van der Waals surface area contributed by atoms with Crippen LogP contribution in [0.4, 0.5) is 0 Å². The highest BCUT2D eigenvalue weighted by molar-refractivity contribution is 6.33. The largest absolute Gasteiger partial charge is 0.351 e. The summed E-state index contributed by atoms with van der Waals surface area (Å²) in [7, 11) is 0. The molecule has 0 bridgehead atoms. The first-order chi connectivity index (χ1) is 6.75. The molecule has 0 atom stereocenters. The maximum Gasteiger partial charge on any atom is 0.254 e. The van der Waals surface area contributed by atoms with Crippen LogP contribution in [0.5, 0.6) is 0 Å². The van der Waals surface area contributed by atoms with Crippen LogP contribution < -0.4 is 5.32 Å².